The summed E-state index contributed by atoms with van der Waals surface area (Å²) in [5, 5.41) is 20.6. The number of ether oxygens (including phenoxy) is 3. The molecule has 0 aliphatic heterocycles. The number of allylic oxidation sites excluding steroid dienone is 28. The fraction of sp³-hybridized carbons (Fsp3) is 0.617. The summed E-state index contributed by atoms with van der Waals surface area (Å²) in [4.78, 5) is 58.6. The highest BCUT2D eigenvalue weighted by Crippen LogP contribution is 2.45. The van der Waals surface area contributed by atoms with Crippen LogP contribution >= 0.6 is 15.6 Å². The Hall–Kier alpha value is -5.09. The van der Waals surface area contributed by atoms with Crippen LogP contribution in [0.25, 0.3) is 0 Å². The van der Waals surface area contributed by atoms with Crippen molar-refractivity contribution in [1.29, 1.82) is 0 Å². The first kappa shape index (κ1) is 93.9. The minimum absolute atomic E-state index is 0.0350. The first-order chi connectivity index (χ1) is 48.2. The number of carbonyl (C=O) groups is 3. The molecule has 0 amide bonds. The van der Waals surface area contributed by atoms with Crippen LogP contribution in [-0.4, -0.2) is 95.9 Å². The van der Waals surface area contributed by atoms with Crippen molar-refractivity contribution >= 4 is 33.6 Å². The van der Waals surface area contributed by atoms with Gasteiger partial charge in [0.05, 0.1) is 26.4 Å². The van der Waals surface area contributed by atoms with Gasteiger partial charge >= 0.3 is 33.6 Å². The van der Waals surface area contributed by atoms with E-state index in [9.17, 15) is 43.5 Å². The van der Waals surface area contributed by atoms with Gasteiger partial charge in [-0.05, 0) is 141 Å². The summed E-state index contributed by atoms with van der Waals surface area (Å²) in [7, 11) is -9.83. The Balaban J connectivity index is 4.73. The van der Waals surface area contributed by atoms with E-state index in [1.807, 2.05) is 18.2 Å². The molecule has 0 spiro atoms. The van der Waals surface area contributed by atoms with E-state index >= 15 is 0 Å². The molecule has 0 heterocycles. The highest BCUT2D eigenvalue weighted by atomic mass is 31.2. The van der Waals surface area contributed by atoms with Crippen LogP contribution in [0.1, 0.15) is 265 Å². The van der Waals surface area contributed by atoms with Gasteiger partial charge < -0.3 is 34.2 Å². The number of esters is 3. The van der Waals surface area contributed by atoms with Gasteiger partial charge in [0.25, 0.3) is 0 Å². The molecule has 5 atom stereocenters. The minimum atomic E-state index is -4.96. The first-order valence-corrected chi connectivity index (χ1v) is 40.4. The van der Waals surface area contributed by atoms with Gasteiger partial charge in [-0.1, -0.05) is 274 Å². The highest BCUT2D eigenvalue weighted by molar-refractivity contribution is 7.47. The predicted molar refractivity (Wildman–Crippen MR) is 408 cm³/mol. The van der Waals surface area contributed by atoms with E-state index in [1.54, 1.807) is 0 Å². The summed E-state index contributed by atoms with van der Waals surface area (Å²) < 4.78 is 61.0. The van der Waals surface area contributed by atoms with Crippen LogP contribution in [0, 0.1) is 0 Å². The molecule has 0 aromatic rings. The normalized spacial score (nSPS) is 15.0. The number of hydrogen-bond donors (Lipinski definition) is 4. The van der Waals surface area contributed by atoms with E-state index in [0.717, 1.165) is 148 Å². The molecule has 0 aromatic heterocycles. The number of phosphoric acid groups is 2. The first-order valence-electron chi connectivity index (χ1n) is 37.4. The van der Waals surface area contributed by atoms with Gasteiger partial charge in [-0.15, -0.1) is 0 Å². The molecule has 99 heavy (non-hydrogen) atoms. The summed E-state index contributed by atoms with van der Waals surface area (Å²) in [5.74, 6) is -1.71. The summed E-state index contributed by atoms with van der Waals surface area (Å²) in [5.41, 5.74) is 0. The number of aliphatic hydroxyl groups is 2. The molecule has 0 rings (SSSR count). The third-order valence-electron chi connectivity index (χ3n) is 14.9. The van der Waals surface area contributed by atoms with Crippen LogP contribution in [0.2, 0.25) is 0 Å². The van der Waals surface area contributed by atoms with Crippen molar-refractivity contribution in [2.75, 3.05) is 39.6 Å². The van der Waals surface area contributed by atoms with E-state index in [0.29, 0.717) is 25.7 Å². The van der Waals surface area contributed by atoms with E-state index in [4.69, 9.17) is 32.3 Å². The fourth-order valence-corrected chi connectivity index (χ4v) is 10.9. The van der Waals surface area contributed by atoms with Gasteiger partial charge in [-0.25, -0.2) is 9.13 Å². The molecule has 0 aromatic carbocycles. The standard InChI is InChI=1S/C81H132O16P2/c1-4-7-10-13-16-19-22-25-28-31-34-35-36-37-38-39-42-44-46-49-52-55-58-61-64-67-79(84)91-70-76(82)71-93-98(87,88)94-72-77(83)73-95-99(89,90)96-75-78(97-81(86)69-66-63-60-57-54-51-48-45-41-33-30-27-24-21-18-15-12-9-6-3)74-92-80(85)68-65-62-59-56-53-50-47-43-40-32-29-26-23-20-17-14-11-8-5-2/h8-9,11-12,16-21,25-30,34-35,37-38,40-41,43,45,50,53,59,62,76-78,82-83H,4-7,10,13-15,22-24,31-33,36,39,42,44,46-49,51-52,54-58,60-61,63-75H2,1-3H3,(H,87,88)(H,89,90)/b11-8-,12-9-,19-16-,20-17-,21-18-,28-25-,29-26-,30-27-,35-34-,38-37-,43-40-,45-41-,53-50-,62-59-. The Kier molecular flexibility index (Phi) is 69.0. The highest BCUT2D eigenvalue weighted by Gasteiger charge is 2.29. The quantitative estimate of drug-likeness (QED) is 0.0146. The van der Waals surface area contributed by atoms with Crippen LogP contribution in [-0.2, 0) is 55.8 Å². The number of phosphoric ester groups is 2. The van der Waals surface area contributed by atoms with E-state index in [1.165, 1.54) is 51.4 Å². The van der Waals surface area contributed by atoms with Crippen LogP contribution in [0.5, 0.6) is 0 Å². The lowest BCUT2D eigenvalue weighted by Gasteiger charge is -2.21. The molecular formula is C81H132O16P2. The van der Waals surface area contributed by atoms with Crippen LogP contribution in [0.3, 0.4) is 0 Å². The molecule has 18 heteroatoms. The van der Waals surface area contributed by atoms with E-state index in [-0.39, 0.29) is 19.3 Å². The predicted octanol–water partition coefficient (Wildman–Crippen LogP) is 21.6. The Bertz CT molecular complexity index is 2480. The largest absolute Gasteiger partial charge is 0.472 e. The maximum Gasteiger partial charge on any atom is 0.472 e. The summed E-state index contributed by atoms with van der Waals surface area (Å²) in [6.45, 7) is 2.29. The number of carbonyl (C=O) groups excluding carboxylic acids is 3. The van der Waals surface area contributed by atoms with Gasteiger partial charge in [0.15, 0.2) is 6.10 Å². The third kappa shape index (κ3) is 73.9. The van der Waals surface area contributed by atoms with E-state index < -0.39 is 91.5 Å². The number of hydrogen-bond acceptors (Lipinski definition) is 14. The number of unbranched alkanes of at least 4 members (excludes halogenated alkanes) is 18. The van der Waals surface area contributed by atoms with Crippen molar-refractivity contribution in [3.05, 3.63) is 170 Å². The number of aliphatic hydroxyl groups excluding tert-OH is 2. The second-order valence-electron chi connectivity index (χ2n) is 24.3. The molecule has 562 valence electrons. The molecule has 0 saturated heterocycles. The van der Waals surface area contributed by atoms with Crippen molar-refractivity contribution < 1.29 is 75.8 Å². The van der Waals surface area contributed by atoms with Gasteiger partial charge in [-0.2, -0.15) is 0 Å². The molecule has 5 unspecified atom stereocenters. The van der Waals surface area contributed by atoms with Crippen molar-refractivity contribution in [1.82, 2.24) is 0 Å². The smallest absolute Gasteiger partial charge is 0.463 e. The maximum absolute atomic E-state index is 13.0. The monoisotopic (exact) mass is 1420 g/mol. The molecule has 0 saturated carbocycles. The Labute approximate surface area is 599 Å². The molecule has 16 nitrogen and oxygen atoms in total. The second kappa shape index (κ2) is 72.7. The molecule has 0 aliphatic carbocycles. The third-order valence-corrected chi connectivity index (χ3v) is 16.8. The SMILES string of the molecule is CC/C=C\C/C=C\C/C=C\C/C=C\C/C=C\C/C=C\CCC(=O)OCC(COP(=O)(O)OCC(O)COP(=O)(O)OCC(O)COC(=O)CCCCCCCCCCC/C=C\C/C=C\C/C=C\C/C=C\CCCCC)OC(=O)CCCCCCCC/C=C\C/C=C\C/C=C\C/C=C\CC. The van der Waals surface area contributed by atoms with Gasteiger partial charge in [0.2, 0.25) is 0 Å². The molecule has 0 aliphatic rings. The number of rotatable bonds is 69. The Morgan fingerprint density at radius 1 is 0.293 bits per heavy atom. The van der Waals surface area contributed by atoms with Crippen molar-refractivity contribution in [3.63, 3.8) is 0 Å². The molecule has 4 N–H and O–H groups in total. The topological polar surface area (TPSA) is 231 Å². The second-order valence-corrected chi connectivity index (χ2v) is 27.2. The zero-order valence-corrected chi connectivity index (χ0v) is 62.9. The lowest BCUT2D eigenvalue weighted by atomic mass is 10.1. The van der Waals surface area contributed by atoms with Crippen LogP contribution in [0.15, 0.2) is 170 Å². The fourth-order valence-electron chi connectivity index (χ4n) is 9.28. The zero-order valence-electron chi connectivity index (χ0n) is 61.1. The Morgan fingerprint density at radius 2 is 0.556 bits per heavy atom. The minimum Gasteiger partial charge on any atom is -0.463 e. The van der Waals surface area contributed by atoms with Crippen molar-refractivity contribution in [2.24, 2.45) is 0 Å². The summed E-state index contributed by atoms with van der Waals surface area (Å²) >= 11 is 0. The van der Waals surface area contributed by atoms with E-state index in [2.05, 4.69) is 173 Å². The molecule has 0 bridgehead atoms. The zero-order chi connectivity index (χ0) is 72.3. The van der Waals surface area contributed by atoms with Gasteiger partial charge in [-0.3, -0.25) is 32.5 Å². The van der Waals surface area contributed by atoms with Crippen molar-refractivity contribution in [3.8, 4) is 0 Å². The maximum atomic E-state index is 13.0. The average Bonchev–Trinajstić information content (AvgIpc) is 2.97. The van der Waals surface area contributed by atoms with Crippen LogP contribution < -0.4 is 0 Å². The Morgan fingerprint density at radius 3 is 0.909 bits per heavy atom. The molecule has 0 fully saturated rings. The summed E-state index contributed by atoms with van der Waals surface area (Å²) in [6, 6.07) is 0. The van der Waals surface area contributed by atoms with Crippen LogP contribution in [0.4, 0.5) is 0 Å². The lowest BCUT2D eigenvalue weighted by molar-refractivity contribution is -0.161. The average molecular weight is 1420 g/mol. The lowest BCUT2D eigenvalue weighted by Crippen LogP contribution is -2.30. The van der Waals surface area contributed by atoms with Gasteiger partial charge in [0.1, 0.15) is 25.4 Å². The molecule has 0 radical (unpaired) electrons. The molecular weight excluding hydrogens is 1290 g/mol. The summed E-state index contributed by atoms with van der Waals surface area (Å²) in [6.07, 6.45) is 91.2. The van der Waals surface area contributed by atoms with Gasteiger partial charge in [0, 0.05) is 19.3 Å². The van der Waals surface area contributed by atoms with Crippen molar-refractivity contribution in [2.45, 2.75) is 283 Å².